The predicted molar refractivity (Wildman–Crippen MR) is 127 cm³/mol. The van der Waals surface area contributed by atoms with Gasteiger partial charge in [-0.15, -0.1) is 11.3 Å². The molecule has 0 aliphatic carbocycles. The van der Waals surface area contributed by atoms with Gasteiger partial charge in [0.25, 0.3) is 0 Å². The summed E-state index contributed by atoms with van der Waals surface area (Å²) in [7, 11) is 0. The van der Waals surface area contributed by atoms with Crippen LogP contribution in [0.3, 0.4) is 0 Å². The number of hydrogen-bond acceptors (Lipinski definition) is 9. The highest BCUT2D eigenvalue weighted by Gasteiger charge is 2.27. The van der Waals surface area contributed by atoms with Gasteiger partial charge in [-0.3, -0.25) is 4.90 Å². The number of hydrogen-bond donors (Lipinski definition) is 1. The van der Waals surface area contributed by atoms with E-state index in [4.69, 9.17) is 15.0 Å². The van der Waals surface area contributed by atoms with Gasteiger partial charge in [0.05, 0.1) is 11.7 Å². The van der Waals surface area contributed by atoms with Gasteiger partial charge in [-0.1, -0.05) is 6.42 Å². The van der Waals surface area contributed by atoms with E-state index in [0.717, 1.165) is 66.7 Å². The van der Waals surface area contributed by atoms with Crippen molar-refractivity contribution in [2.75, 3.05) is 29.9 Å². The van der Waals surface area contributed by atoms with Crippen molar-refractivity contribution in [3.05, 3.63) is 47.1 Å². The van der Waals surface area contributed by atoms with Crippen LogP contribution in [0.5, 0.6) is 0 Å². The minimum Gasteiger partial charge on any atom is -0.341 e. The van der Waals surface area contributed by atoms with Crippen LogP contribution < -0.4 is 10.2 Å². The van der Waals surface area contributed by atoms with Crippen LogP contribution >= 0.6 is 11.3 Å². The molecule has 9 heteroatoms. The fourth-order valence-electron chi connectivity index (χ4n) is 4.60. The maximum absolute atomic E-state index is 4.92. The molecule has 2 saturated heterocycles. The minimum absolute atomic E-state index is 0.189. The van der Waals surface area contributed by atoms with Crippen LogP contribution in [0.4, 0.5) is 16.9 Å². The molecular weight excluding hydrogens is 420 g/mol. The van der Waals surface area contributed by atoms with Crippen molar-refractivity contribution in [1.82, 2.24) is 29.8 Å². The standard InChI is InChI=1S/C23H30N8S/c1-17-15-20(29-23-25-10-14-32-23)28-21(26-17)19-7-3-6-13-31(19)16-18-8-9-24-22(27-18)30-11-4-2-5-12-30/h8-10,14-15,19H,2-7,11-13,16H2,1H3,(H,25,26,28,29). The summed E-state index contributed by atoms with van der Waals surface area (Å²) < 4.78 is 0. The Labute approximate surface area is 193 Å². The molecule has 0 spiro atoms. The van der Waals surface area contributed by atoms with Crippen LogP contribution in [0.2, 0.25) is 0 Å². The zero-order valence-corrected chi connectivity index (χ0v) is 19.4. The Morgan fingerprint density at radius 1 is 1.00 bits per heavy atom. The summed E-state index contributed by atoms with van der Waals surface area (Å²) in [5.41, 5.74) is 2.04. The van der Waals surface area contributed by atoms with Gasteiger partial charge in [0, 0.05) is 49.2 Å². The molecule has 5 rings (SSSR count). The SMILES string of the molecule is Cc1cc(Nc2nccs2)nc(C2CCCCN2Cc2ccnc(N3CCCCC3)n2)n1. The molecule has 168 valence electrons. The Kier molecular flexibility index (Phi) is 6.54. The molecule has 0 amide bonds. The first-order valence-corrected chi connectivity index (χ1v) is 12.5. The van der Waals surface area contributed by atoms with E-state index in [0.29, 0.717) is 0 Å². The van der Waals surface area contributed by atoms with E-state index in [9.17, 15) is 0 Å². The number of thiazole rings is 1. The summed E-state index contributed by atoms with van der Waals surface area (Å²) in [4.78, 5) is 28.3. The Hall–Kier alpha value is -2.65. The van der Waals surface area contributed by atoms with Crippen molar-refractivity contribution < 1.29 is 0 Å². The summed E-state index contributed by atoms with van der Waals surface area (Å²) in [6, 6.07) is 4.22. The number of anilines is 3. The van der Waals surface area contributed by atoms with Crippen LogP contribution in [-0.2, 0) is 6.54 Å². The Morgan fingerprint density at radius 3 is 2.72 bits per heavy atom. The van der Waals surface area contributed by atoms with Crippen LogP contribution in [0.1, 0.15) is 61.8 Å². The third kappa shape index (κ3) is 5.05. The van der Waals surface area contributed by atoms with Gasteiger partial charge >= 0.3 is 0 Å². The summed E-state index contributed by atoms with van der Waals surface area (Å²) in [6.07, 6.45) is 10.9. The topological polar surface area (TPSA) is 83.0 Å². The molecule has 0 saturated carbocycles. The molecule has 1 unspecified atom stereocenters. The number of rotatable bonds is 6. The van der Waals surface area contributed by atoms with Gasteiger partial charge in [-0.2, -0.15) is 0 Å². The molecule has 1 atom stereocenters. The molecule has 0 radical (unpaired) electrons. The van der Waals surface area contributed by atoms with Gasteiger partial charge in [0.1, 0.15) is 11.6 Å². The summed E-state index contributed by atoms with van der Waals surface area (Å²) in [5.74, 6) is 2.56. The van der Waals surface area contributed by atoms with E-state index in [-0.39, 0.29) is 6.04 Å². The first-order valence-electron chi connectivity index (χ1n) is 11.6. The quantitative estimate of drug-likeness (QED) is 0.588. The molecule has 3 aromatic rings. The van der Waals surface area contributed by atoms with E-state index >= 15 is 0 Å². The number of likely N-dealkylation sites (tertiary alicyclic amines) is 1. The minimum atomic E-state index is 0.189. The monoisotopic (exact) mass is 450 g/mol. The van der Waals surface area contributed by atoms with Gasteiger partial charge in [0.15, 0.2) is 5.13 Å². The predicted octanol–water partition coefficient (Wildman–Crippen LogP) is 4.49. The number of aromatic nitrogens is 5. The summed E-state index contributed by atoms with van der Waals surface area (Å²) in [5, 5.41) is 6.13. The van der Waals surface area contributed by atoms with Crippen molar-refractivity contribution in [2.24, 2.45) is 0 Å². The van der Waals surface area contributed by atoms with Crippen LogP contribution in [0, 0.1) is 6.92 Å². The summed E-state index contributed by atoms with van der Waals surface area (Å²) in [6.45, 7) is 5.96. The molecular formula is C23H30N8S. The molecule has 2 fully saturated rings. The number of aryl methyl sites for hydroxylation is 1. The van der Waals surface area contributed by atoms with Crippen LogP contribution in [0.25, 0.3) is 0 Å². The van der Waals surface area contributed by atoms with E-state index in [1.54, 1.807) is 17.5 Å². The zero-order chi connectivity index (χ0) is 21.8. The maximum atomic E-state index is 4.92. The second-order valence-electron chi connectivity index (χ2n) is 8.59. The second-order valence-corrected chi connectivity index (χ2v) is 9.49. The molecule has 3 aromatic heterocycles. The third-order valence-electron chi connectivity index (χ3n) is 6.16. The molecule has 5 heterocycles. The third-order valence-corrected chi connectivity index (χ3v) is 6.84. The highest BCUT2D eigenvalue weighted by atomic mass is 32.1. The first-order chi connectivity index (χ1) is 15.7. The Bertz CT molecular complexity index is 1020. The maximum Gasteiger partial charge on any atom is 0.225 e. The average molecular weight is 451 g/mol. The number of piperidine rings is 2. The smallest absolute Gasteiger partial charge is 0.225 e. The molecule has 8 nitrogen and oxygen atoms in total. The average Bonchev–Trinajstić information content (AvgIpc) is 3.33. The van der Waals surface area contributed by atoms with Crippen molar-refractivity contribution in [1.29, 1.82) is 0 Å². The van der Waals surface area contributed by atoms with E-state index in [1.165, 1.54) is 32.1 Å². The molecule has 0 aromatic carbocycles. The fourth-order valence-corrected chi connectivity index (χ4v) is 5.13. The normalized spacial score (nSPS) is 19.8. The van der Waals surface area contributed by atoms with Gasteiger partial charge < -0.3 is 10.2 Å². The van der Waals surface area contributed by atoms with Gasteiger partial charge in [0.2, 0.25) is 5.95 Å². The fraction of sp³-hybridized carbons (Fsp3) is 0.522. The highest BCUT2D eigenvalue weighted by Crippen LogP contribution is 2.31. The number of nitrogens with one attached hydrogen (secondary N) is 1. The number of nitrogens with zero attached hydrogens (tertiary/aromatic N) is 7. The largest absolute Gasteiger partial charge is 0.341 e. The molecule has 1 N–H and O–H groups in total. The van der Waals surface area contributed by atoms with Gasteiger partial charge in [-0.05, 0) is 51.6 Å². The first kappa shape index (κ1) is 21.2. The lowest BCUT2D eigenvalue weighted by Crippen LogP contribution is -2.35. The van der Waals surface area contributed by atoms with Crippen molar-refractivity contribution in [3.63, 3.8) is 0 Å². The van der Waals surface area contributed by atoms with Crippen molar-refractivity contribution in [3.8, 4) is 0 Å². The highest BCUT2D eigenvalue weighted by molar-refractivity contribution is 7.13. The van der Waals surface area contributed by atoms with E-state index in [1.807, 2.05) is 30.6 Å². The molecule has 0 bridgehead atoms. The lowest BCUT2D eigenvalue weighted by atomic mass is 10.0. The Balaban J connectivity index is 1.35. The van der Waals surface area contributed by atoms with Crippen LogP contribution in [-0.4, -0.2) is 49.5 Å². The van der Waals surface area contributed by atoms with Crippen LogP contribution in [0.15, 0.2) is 29.9 Å². The van der Waals surface area contributed by atoms with E-state index in [2.05, 4.69) is 25.1 Å². The molecule has 2 aliphatic rings. The zero-order valence-electron chi connectivity index (χ0n) is 18.6. The molecule has 32 heavy (non-hydrogen) atoms. The lowest BCUT2D eigenvalue weighted by molar-refractivity contribution is 0.132. The second kappa shape index (κ2) is 9.87. The van der Waals surface area contributed by atoms with Crippen molar-refractivity contribution >= 4 is 28.2 Å². The van der Waals surface area contributed by atoms with Gasteiger partial charge in [-0.25, -0.2) is 24.9 Å². The lowest BCUT2D eigenvalue weighted by Gasteiger charge is -2.35. The Morgan fingerprint density at radius 2 is 1.88 bits per heavy atom. The van der Waals surface area contributed by atoms with Crippen molar-refractivity contribution in [2.45, 2.75) is 58.0 Å². The van der Waals surface area contributed by atoms with E-state index < -0.39 is 0 Å². The summed E-state index contributed by atoms with van der Waals surface area (Å²) >= 11 is 1.57. The molecule has 2 aliphatic heterocycles.